The van der Waals surface area contributed by atoms with Crippen LogP contribution in [0.3, 0.4) is 0 Å². The summed E-state index contributed by atoms with van der Waals surface area (Å²) < 4.78 is 9.20. The number of fused-ring (bicyclic) bond motifs is 9. The molecule has 0 atom stereocenters. The molecular weight excluding hydrogens is 923 g/mol. The average molecular weight is 970 g/mol. The van der Waals surface area contributed by atoms with Crippen molar-refractivity contribution in [2.45, 2.75) is 0 Å². The van der Waals surface area contributed by atoms with Crippen LogP contribution in [-0.2, 0) is 0 Å². The van der Waals surface area contributed by atoms with Gasteiger partial charge in [-0.1, -0.05) is 243 Å². The Morgan fingerprint density at radius 2 is 0.693 bits per heavy atom. The van der Waals surface area contributed by atoms with Gasteiger partial charge in [-0.2, -0.15) is 0 Å². The molecule has 14 aromatic rings. The van der Waals surface area contributed by atoms with E-state index in [2.05, 4.69) is 290 Å². The number of rotatable bonds is 8. The molecule has 1 aliphatic heterocycles. The van der Waals surface area contributed by atoms with Crippen LogP contribution in [0.5, 0.6) is 0 Å². The summed E-state index contributed by atoms with van der Waals surface area (Å²) in [4.78, 5) is 0. The molecular formula is C72H47NOSi. The van der Waals surface area contributed by atoms with Gasteiger partial charge in [-0.05, 0) is 124 Å². The fraction of sp³-hybridized carbons (Fsp3) is 0. The molecule has 0 bridgehead atoms. The van der Waals surface area contributed by atoms with Crippen LogP contribution in [0.1, 0.15) is 0 Å². The Hall–Kier alpha value is -9.54. The predicted octanol–water partition coefficient (Wildman–Crippen LogP) is 16.4. The summed E-state index contributed by atoms with van der Waals surface area (Å²) in [7, 11) is -2.98. The molecule has 0 unspecified atom stereocenters. The molecule has 0 N–H and O–H groups in total. The summed E-state index contributed by atoms with van der Waals surface area (Å²) in [5, 5.41) is 10.2. The monoisotopic (exact) mass is 969 g/mol. The van der Waals surface area contributed by atoms with E-state index in [9.17, 15) is 0 Å². The zero-order valence-electron chi connectivity index (χ0n) is 41.0. The molecule has 0 fully saturated rings. The molecule has 3 heterocycles. The Morgan fingerprint density at radius 1 is 0.267 bits per heavy atom. The van der Waals surface area contributed by atoms with E-state index < -0.39 is 8.07 Å². The third-order valence-electron chi connectivity index (χ3n) is 15.9. The summed E-state index contributed by atoms with van der Waals surface area (Å²) in [6, 6.07) is 106. The number of benzene rings is 12. The highest BCUT2D eigenvalue weighted by molar-refractivity contribution is 7.22. The molecule has 15 rings (SSSR count). The topological polar surface area (TPSA) is 18.1 Å². The molecule has 0 aliphatic carbocycles. The largest absolute Gasteiger partial charge is 0.455 e. The summed E-state index contributed by atoms with van der Waals surface area (Å²) >= 11 is 0. The van der Waals surface area contributed by atoms with Crippen molar-refractivity contribution in [2.75, 3.05) is 0 Å². The van der Waals surface area contributed by atoms with Crippen molar-refractivity contribution in [1.82, 2.24) is 4.57 Å². The first-order valence-electron chi connectivity index (χ1n) is 25.9. The van der Waals surface area contributed by atoms with Crippen molar-refractivity contribution in [3.8, 4) is 72.4 Å². The third kappa shape index (κ3) is 6.86. The van der Waals surface area contributed by atoms with Crippen LogP contribution in [0.25, 0.3) is 116 Å². The number of hydrogen-bond acceptors (Lipinski definition) is 1. The van der Waals surface area contributed by atoms with Crippen molar-refractivity contribution in [3.05, 3.63) is 285 Å². The molecule has 1 aliphatic rings. The standard InChI is InChI=1S/C72H47NOSi/c1-5-16-48(17-6-1)50-28-32-52(33-29-50)54-37-42-67-65(44-54)66-45-55(53-34-30-51(31-35-53)49-18-7-2-8-19-49)38-43-68(66)73(67)57-39-41-63-62-40-36-56(60-25-15-26-64-61-24-13-14-27-69(61)74-72(60)64)46-70(62)75(71(63)47-57,58-20-9-3-10-21-58)59-22-11-4-12-23-59/h1-47H. The second-order valence-corrected chi connectivity index (χ2v) is 23.7. The quantitative estimate of drug-likeness (QED) is 0.139. The Morgan fingerprint density at radius 3 is 1.25 bits per heavy atom. The SMILES string of the molecule is c1ccc(-c2ccc(-c3ccc4c(c3)c3cc(-c5ccc(-c6ccccc6)cc5)ccc3n4-c3ccc4c(c3)[Si](c3ccccc3)(c3ccccc3)c3cc(-c5cccc6c5oc5ccccc56)ccc3-4)cc2)cc1. The first-order valence-corrected chi connectivity index (χ1v) is 27.9. The minimum atomic E-state index is -2.98. The van der Waals surface area contributed by atoms with E-state index in [1.165, 1.54) is 98.2 Å². The van der Waals surface area contributed by atoms with Crippen LogP contribution in [0.4, 0.5) is 0 Å². The number of aromatic nitrogens is 1. The van der Waals surface area contributed by atoms with E-state index in [1.807, 2.05) is 0 Å². The van der Waals surface area contributed by atoms with Crippen molar-refractivity contribution >= 4 is 72.6 Å². The zero-order chi connectivity index (χ0) is 49.5. The molecule has 0 radical (unpaired) electrons. The molecule has 350 valence electrons. The van der Waals surface area contributed by atoms with E-state index in [4.69, 9.17) is 4.42 Å². The lowest BCUT2D eigenvalue weighted by molar-refractivity contribution is 0.670. The molecule has 12 aromatic carbocycles. The van der Waals surface area contributed by atoms with E-state index in [0.29, 0.717) is 0 Å². The summed E-state index contributed by atoms with van der Waals surface area (Å²) in [6.07, 6.45) is 0. The third-order valence-corrected chi connectivity index (χ3v) is 20.8. The number of hydrogen-bond donors (Lipinski definition) is 0. The van der Waals surface area contributed by atoms with Crippen molar-refractivity contribution in [1.29, 1.82) is 0 Å². The van der Waals surface area contributed by atoms with Gasteiger partial charge in [-0.15, -0.1) is 0 Å². The first-order chi connectivity index (χ1) is 37.2. The molecule has 0 saturated heterocycles. The van der Waals surface area contributed by atoms with E-state index in [-0.39, 0.29) is 0 Å². The zero-order valence-corrected chi connectivity index (χ0v) is 42.0. The van der Waals surface area contributed by atoms with Gasteiger partial charge in [0.2, 0.25) is 0 Å². The number of furan rings is 1. The molecule has 2 nitrogen and oxygen atoms in total. The maximum absolute atomic E-state index is 6.68. The normalized spacial score (nSPS) is 12.6. The average Bonchev–Trinajstić information content (AvgIpc) is 4.18. The molecule has 0 spiro atoms. The summed E-state index contributed by atoms with van der Waals surface area (Å²) in [6.45, 7) is 0. The summed E-state index contributed by atoms with van der Waals surface area (Å²) in [5.74, 6) is 0. The van der Waals surface area contributed by atoms with Crippen LogP contribution < -0.4 is 20.7 Å². The van der Waals surface area contributed by atoms with Gasteiger partial charge in [0.05, 0.1) is 11.0 Å². The van der Waals surface area contributed by atoms with Gasteiger partial charge >= 0.3 is 0 Å². The molecule has 0 amide bonds. The number of nitrogens with zero attached hydrogens (tertiary/aromatic N) is 1. The van der Waals surface area contributed by atoms with Crippen LogP contribution in [-0.4, -0.2) is 12.6 Å². The Labute approximate surface area is 436 Å². The minimum absolute atomic E-state index is 0.908. The number of para-hydroxylation sites is 2. The highest BCUT2D eigenvalue weighted by Crippen LogP contribution is 2.41. The van der Waals surface area contributed by atoms with Crippen molar-refractivity contribution in [3.63, 3.8) is 0 Å². The fourth-order valence-electron chi connectivity index (χ4n) is 12.4. The second-order valence-electron chi connectivity index (χ2n) is 19.9. The van der Waals surface area contributed by atoms with E-state index in [1.54, 1.807) is 0 Å². The Balaban J connectivity index is 0.936. The molecule has 75 heavy (non-hydrogen) atoms. The van der Waals surface area contributed by atoms with Gasteiger partial charge in [-0.3, -0.25) is 0 Å². The van der Waals surface area contributed by atoms with Gasteiger partial charge in [0, 0.05) is 32.8 Å². The molecule has 0 saturated carbocycles. The Bertz CT molecular complexity index is 4300. The van der Waals surface area contributed by atoms with Crippen LogP contribution >= 0.6 is 0 Å². The Kier molecular flexibility index (Phi) is 9.94. The lowest BCUT2D eigenvalue weighted by atomic mass is 9.97. The van der Waals surface area contributed by atoms with Gasteiger partial charge < -0.3 is 8.98 Å². The molecule has 2 aromatic heterocycles. The van der Waals surface area contributed by atoms with Crippen LogP contribution in [0.15, 0.2) is 290 Å². The van der Waals surface area contributed by atoms with Gasteiger partial charge in [-0.25, -0.2) is 0 Å². The van der Waals surface area contributed by atoms with Gasteiger partial charge in [0.15, 0.2) is 8.07 Å². The highest BCUT2D eigenvalue weighted by atomic mass is 28.3. The maximum Gasteiger partial charge on any atom is 0.180 e. The van der Waals surface area contributed by atoms with Gasteiger partial charge in [0.25, 0.3) is 0 Å². The minimum Gasteiger partial charge on any atom is -0.455 e. The first kappa shape index (κ1) is 43.1. The van der Waals surface area contributed by atoms with Crippen LogP contribution in [0, 0.1) is 0 Å². The van der Waals surface area contributed by atoms with Crippen molar-refractivity contribution in [2.24, 2.45) is 0 Å². The summed E-state index contributed by atoms with van der Waals surface area (Å²) in [5.41, 5.74) is 19.8. The van der Waals surface area contributed by atoms with Crippen LogP contribution in [0.2, 0.25) is 0 Å². The lowest BCUT2D eigenvalue weighted by Crippen LogP contribution is -2.72. The van der Waals surface area contributed by atoms with Gasteiger partial charge in [0.1, 0.15) is 11.2 Å². The lowest BCUT2D eigenvalue weighted by Gasteiger charge is -2.32. The fourth-order valence-corrected chi connectivity index (χ4v) is 17.6. The highest BCUT2D eigenvalue weighted by Gasteiger charge is 2.49. The van der Waals surface area contributed by atoms with E-state index >= 15 is 0 Å². The molecule has 3 heteroatoms. The maximum atomic E-state index is 6.68. The predicted molar refractivity (Wildman–Crippen MR) is 318 cm³/mol. The second kappa shape index (κ2) is 17.3. The van der Waals surface area contributed by atoms with E-state index in [0.717, 1.165) is 38.8 Å². The smallest absolute Gasteiger partial charge is 0.180 e. The van der Waals surface area contributed by atoms with Crippen molar-refractivity contribution < 1.29 is 4.42 Å².